The van der Waals surface area contributed by atoms with Gasteiger partial charge in [0.2, 0.25) is 0 Å². The van der Waals surface area contributed by atoms with E-state index in [4.69, 9.17) is 0 Å². The van der Waals surface area contributed by atoms with Gasteiger partial charge in [-0.3, -0.25) is 0 Å². The van der Waals surface area contributed by atoms with Crippen LogP contribution in [0.3, 0.4) is 0 Å². The fraction of sp³-hybridized carbons (Fsp3) is 0.429. The van der Waals surface area contributed by atoms with Crippen molar-refractivity contribution in [3.8, 4) is 5.75 Å². The lowest BCUT2D eigenvalue weighted by molar-refractivity contribution is 0.474. The minimum Gasteiger partial charge on any atom is -0.508 e. The molecule has 1 aromatic carbocycles. The molecule has 0 amide bonds. The summed E-state index contributed by atoms with van der Waals surface area (Å²) in [5.74, 6) is 0.373. The summed E-state index contributed by atoms with van der Waals surface area (Å²) in [6.45, 7) is 6.34. The summed E-state index contributed by atoms with van der Waals surface area (Å²) in [4.78, 5) is 0. The molecule has 15 heavy (non-hydrogen) atoms. The summed E-state index contributed by atoms with van der Waals surface area (Å²) in [5, 5.41) is 9.37. The van der Waals surface area contributed by atoms with E-state index in [1.807, 2.05) is 12.1 Å². The Bertz CT molecular complexity index is 346. The van der Waals surface area contributed by atoms with Crippen LogP contribution in [-0.4, -0.2) is 5.11 Å². The van der Waals surface area contributed by atoms with Crippen molar-refractivity contribution in [3.05, 3.63) is 41.0 Å². The van der Waals surface area contributed by atoms with Gasteiger partial charge in [-0.25, -0.2) is 0 Å². The van der Waals surface area contributed by atoms with E-state index < -0.39 is 0 Å². The fourth-order valence-electron chi connectivity index (χ4n) is 1.61. The minimum atomic E-state index is 0.373. The highest BCUT2D eigenvalue weighted by atomic mass is 16.3. The Balaban J connectivity index is 2.50. The van der Waals surface area contributed by atoms with Gasteiger partial charge in [0.15, 0.2) is 0 Å². The van der Waals surface area contributed by atoms with Gasteiger partial charge in [-0.1, -0.05) is 17.7 Å². The van der Waals surface area contributed by atoms with E-state index in [0.29, 0.717) is 5.75 Å². The first kappa shape index (κ1) is 11.8. The second-order valence-electron chi connectivity index (χ2n) is 4.28. The number of hydrogen-bond donors (Lipinski definition) is 1. The Labute approximate surface area is 92.5 Å². The number of unbranched alkanes of at least 4 members (excludes halogenated alkanes) is 1. The summed E-state index contributed by atoms with van der Waals surface area (Å²) in [6, 6.07) is 5.60. The normalized spacial score (nSPS) is 10.1. The minimum absolute atomic E-state index is 0.373. The van der Waals surface area contributed by atoms with Crippen molar-refractivity contribution < 1.29 is 5.11 Å². The fourth-order valence-corrected chi connectivity index (χ4v) is 1.61. The SMILES string of the molecule is CC(C)=CCCCc1cc(O)ccc1C. The molecule has 0 fully saturated rings. The molecular weight excluding hydrogens is 184 g/mol. The van der Waals surface area contributed by atoms with Crippen molar-refractivity contribution in [1.29, 1.82) is 0 Å². The van der Waals surface area contributed by atoms with Crippen molar-refractivity contribution in [2.24, 2.45) is 0 Å². The van der Waals surface area contributed by atoms with Crippen LogP contribution in [0.5, 0.6) is 5.75 Å². The molecule has 0 atom stereocenters. The van der Waals surface area contributed by atoms with E-state index in [1.54, 1.807) is 6.07 Å². The van der Waals surface area contributed by atoms with E-state index >= 15 is 0 Å². The lowest BCUT2D eigenvalue weighted by Crippen LogP contribution is -1.89. The predicted octanol–water partition coefficient (Wildman–Crippen LogP) is 3.99. The Morgan fingerprint density at radius 3 is 2.73 bits per heavy atom. The number of aromatic hydroxyl groups is 1. The largest absolute Gasteiger partial charge is 0.508 e. The van der Waals surface area contributed by atoms with Gasteiger partial charge in [0, 0.05) is 0 Å². The number of benzene rings is 1. The van der Waals surface area contributed by atoms with Crippen molar-refractivity contribution in [3.63, 3.8) is 0 Å². The molecule has 0 spiro atoms. The lowest BCUT2D eigenvalue weighted by atomic mass is 10.0. The van der Waals surface area contributed by atoms with Gasteiger partial charge < -0.3 is 5.11 Å². The molecule has 1 nitrogen and oxygen atoms in total. The van der Waals surface area contributed by atoms with Crippen LogP contribution < -0.4 is 0 Å². The third kappa shape index (κ3) is 4.20. The molecule has 0 radical (unpaired) electrons. The van der Waals surface area contributed by atoms with Gasteiger partial charge in [-0.05, 0) is 63.3 Å². The molecule has 1 N–H and O–H groups in total. The van der Waals surface area contributed by atoms with Gasteiger partial charge in [0.05, 0.1) is 0 Å². The number of phenols is 1. The van der Waals surface area contributed by atoms with Crippen molar-refractivity contribution in [2.45, 2.75) is 40.0 Å². The standard InChI is InChI=1S/C14H20O/c1-11(2)6-4-5-7-13-10-14(15)9-8-12(13)3/h6,8-10,15H,4-5,7H2,1-3H3. The molecule has 1 rings (SSSR count). The molecular formula is C14H20O. The number of hydrogen-bond acceptors (Lipinski definition) is 1. The Kier molecular flexibility index (Phi) is 4.41. The second-order valence-corrected chi connectivity index (χ2v) is 4.28. The molecule has 0 bridgehead atoms. The Hall–Kier alpha value is -1.24. The second kappa shape index (κ2) is 5.59. The van der Waals surface area contributed by atoms with Crippen LogP contribution in [0.4, 0.5) is 0 Å². The lowest BCUT2D eigenvalue weighted by Gasteiger charge is -2.05. The topological polar surface area (TPSA) is 20.2 Å². The average molecular weight is 204 g/mol. The van der Waals surface area contributed by atoms with Crippen LogP contribution in [0.25, 0.3) is 0 Å². The maximum atomic E-state index is 9.37. The number of aryl methyl sites for hydroxylation is 2. The first-order chi connectivity index (χ1) is 7.09. The number of allylic oxidation sites excluding steroid dienone is 2. The molecule has 0 heterocycles. The third-order valence-corrected chi connectivity index (χ3v) is 2.54. The summed E-state index contributed by atoms with van der Waals surface area (Å²) in [5.41, 5.74) is 3.91. The van der Waals surface area contributed by atoms with Crippen molar-refractivity contribution >= 4 is 0 Å². The summed E-state index contributed by atoms with van der Waals surface area (Å²) < 4.78 is 0. The van der Waals surface area contributed by atoms with Gasteiger partial charge in [-0.15, -0.1) is 0 Å². The Morgan fingerprint density at radius 1 is 1.33 bits per heavy atom. The highest BCUT2D eigenvalue weighted by Crippen LogP contribution is 2.18. The molecule has 0 aliphatic heterocycles. The maximum Gasteiger partial charge on any atom is 0.115 e. The van der Waals surface area contributed by atoms with Crippen LogP contribution in [0.15, 0.2) is 29.8 Å². The van der Waals surface area contributed by atoms with E-state index in [1.165, 1.54) is 16.7 Å². The van der Waals surface area contributed by atoms with Gasteiger partial charge in [-0.2, -0.15) is 0 Å². The molecule has 0 unspecified atom stereocenters. The van der Waals surface area contributed by atoms with E-state index in [0.717, 1.165) is 19.3 Å². The van der Waals surface area contributed by atoms with Crippen LogP contribution >= 0.6 is 0 Å². The van der Waals surface area contributed by atoms with Crippen LogP contribution in [-0.2, 0) is 6.42 Å². The highest BCUT2D eigenvalue weighted by Gasteiger charge is 1.99. The molecule has 0 saturated carbocycles. The number of rotatable bonds is 4. The predicted molar refractivity (Wildman–Crippen MR) is 65.2 cm³/mol. The molecule has 1 heteroatoms. The molecule has 0 aromatic heterocycles. The van der Waals surface area contributed by atoms with E-state index in [-0.39, 0.29) is 0 Å². The molecule has 82 valence electrons. The number of phenolic OH excluding ortho intramolecular Hbond substituents is 1. The van der Waals surface area contributed by atoms with Crippen molar-refractivity contribution in [1.82, 2.24) is 0 Å². The first-order valence-electron chi connectivity index (χ1n) is 5.51. The van der Waals surface area contributed by atoms with Crippen LogP contribution in [0.1, 0.15) is 37.8 Å². The van der Waals surface area contributed by atoms with Crippen LogP contribution in [0, 0.1) is 6.92 Å². The van der Waals surface area contributed by atoms with Crippen molar-refractivity contribution in [2.75, 3.05) is 0 Å². The van der Waals surface area contributed by atoms with Gasteiger partial charge >= 0.3 is 0 Å². The zero-order valence-corrected chi connectivity index (χ0v) is 9.88. The Morgan fingerprint density at radius 2 is 2.07 bits per heavy atom. The molecule has 0 aliphatic carbocycles. The quantitative estimate of drug-likeness (QED) is 0.580. The molecule has 1 aromatic rings. The zero-order chi connectivity index (χ0) is 11.3. The monoisotopic (exact) mass is 204 g/mol. The van der Waals surface area contributed by atoms with E-state index in [9.17, 15) is 5.11 Å². The maximum absolute atomic E-state index is 9.37. The summed E-state index contributed by atoms with van der Waals surface area (Å²) >= 11 is 0. The average Bonchev–Trinajstić information content (AvgIpc) is 2.17. The highest BCUT2D eigenvalue weighted by molar-refractivity contribution is 5.34. The van der Waals surface area contributed by atoms with Gasteiger partial charge in [0.25, 0.3) is 0 Å². The molecule has 0 saturated heterocycles. The molecule has 0 aliphatic rings. The third-order valence-electron chi connectivity index (χ3n) is 2.54. The van der Waals surface area contributed by atoms with Crippen LogP contribution in [0.2, 0.25) is 0 Å². The summed E-state index contributed by atoms with van der Waals surface area (Å²) in [6.07, 6.45) is 5.58. The first-order valence-corrected chi connectivity index (χ1v) is 5.51. The van der Waals surface area contributed by atoms with E-state index in [2.05, 4.69) is 26.8 Å². The summed E-state index contributed by atoms with van der Waals surface area (Å²) in [7, 11) is 0. The zero-order valence-electron chi connectivity index (χ0n) is 9.88. The van der Waals surface area contributed by atoms with Gasteiger partial charge in [0.1, 0.15) is 5.75 Å². The smallest absolute Gasteiger partial charge is 0.115 e.